The highest BCUT2D eigenvalue weighted by atomic mass is 32.2. The molecule has 0 unspecified atom stereocenters. The van der Waals surface area contributed by atoms with Crippen molar-refractivity contribution >= 4 is 58.4 Å². The zero-order valence-electron chi connectivity index (χ0n) is 14.5. The molecule has 1 aliphatic rings. The van der Waals surface area contributed by atoms with E-state index in [1.54, 1.807) is 11.3 Å². The molecule has 138 valence electrons. The predicted molar refractivity (Wildman–Crippen MR) is 111 cm³/mol. The Labute approximate surface area is 164 Å². The van der Waals surface area contributed by atoms with Crippen molar-refractivity contribution in [3.63, 3.8) is 0 Å². The molecule has 5 rings (SSSR count). The number of aryl methyl sites for hydroxylation is 1. The molecule has 2 aromatic carbocycles. The highest BCUT2D eigenvalue weighted by Crippen LogP contribution is 2.36. The summed E-state index contributed by atoms with van der Waals surface area (Å²) in [5, 5.41) is 1.38. The molecule has 2 aromatic heterocycles. The van der Waals surface area contributed by atoms with Gasteiger partial charge in [0.1, 0.15) is 0 Å². The highest BCUT2D eigenvalue weighted by Gasteiger charge is 2.27. The minimum atomic E-state index is -3.66. The molecular weight excluding hydrogens is 400 g/mol. The van der Waals surface area contributed by atoms with Gasteiger partial charge in [-0.3, -0.25) is 0 Å². The molecule has 0 atom stereocenters. The number of hydrogen-bond donors (Lipinski definition) is 1. The lowest BCUT2D eigenvalue weighted by Crippen LogP contribution is -2.39. The van der Waals surface area contributed by atoms with E-state index < -0.39 is 10.2 Å². The van der Waals surface area contributed by atoms with Crippen LogP contribution in [0.2, 0.25) is 0 Å². The van der Waals surface area contributed by atoms with Crippen molar-refractivity contribution in [3.05, 3.63) is 52.5 Å². The molecule has 0 spiro atoms. The van der Waals surface area contributed by atoms with Crippen molar-refractivity contribution in [2.24, 2.45) is 0 Å². The van der Waals surface area contributed by atoms with Gasteiger partial charge in [0.15, 0.2) is 5.13 Å². The Kier molecular flexibility index (Phi) is 3.94. The van der Waals surface area contributed by atoms with Crippen LogP contribution in [0.5, 0.6) is 0 Å². The lowest BCUT2D eigenvalue weighted by Gasteiger charge is -2.27. The monoisotopic (exact) mass is 416 g/mol. The van der Waals surface area contributed by atoms with E-state index in [1.165, 1.54) is 21.2 Å². The van der Waals surface area contributed by atoms with Crippen LogP contribution < -0.4 is 4.72 Å². The van der Waals surface area contributed by atoms with Gasteiger partial charge in [0.2, 0.25) is 0 Å². The Morgan fingerprint density at radius 1 is 1.00 bits per heavy atom. The number of fused-ring (bicyclic) bond motifs is 4. The number of aromatic nitrogens is 2. The normalized spacial score (nSPS) is 15.3. The van der Waals surface area contributed by atoms with Crippen LogP contribution in [0.1, 0.15) is 16.1 Å². The van der Waals surface area contributed by atoms with E-state index in [0.29, 0.717) is 18.2 Å². The van der Waals surface area contributed by atoms with Crippen molar-refractivity contribution < 1.29 is 8.42 Å². The Bertz CT molecular complexity index is 1280. The maximum atomic E-state index is 12.9. The first-order valence-electron chi connectivity index (χ1n) is 8.51. The van der Waals surface area contributed by atoms with Gasteiger partial charge in [-0.25, -0.2) is 14.7 Å². The number of rotatable bonds is 3. The summed E-state index contributed by atoms with van der Waals surface area (Å²) in [5.41, 5.74) is 3.99. The zero-order valence-corrected chi connectivity index (χ0v) is 16.9. The van der Waals surface area contributed by atoms with Crippen molar-refractivity contribution in [2.75, 3.05) is 11.3 Å². The summed E-state index contributed by atoms with van der Waals surface area (Å²) >= 11 is 2.96. The Morgan fingerprint density at radius 3 is 2.52 bits per heavy atom. The van der Waals surface area contributed by atoms with Gasteiger partial charge in [0.05, 0.1) is 25.4 Å². The quantitative estimate of drug-likeness (QED) is 0.549. The highest BCUT2D eigenvalue weighted by molar-refractivity contribution is 7.90. The first kappa shape index (κ1) is 17.1. The van der Waals surface area contributed by atoms with Crippen LogP contribution >= 0.6 is 22.7 Å². The van der Waals surface area contributed by atoms with Crippen LogP contribution in [0.25, 0.3) is 20.4 Å². The number of thiazole rings is 2. The molecule has 0 saturated carbocycles. The zero-order chi connectivity index (χ0) is 18.6. The van der Waals surface area contributed by atoms with Gasteiger partial charge in [-0.1, -0.05) is 35.6 Å². The average molecular weight is 417 g/mol. The summed E-state index contributed by atoms with van der Waals surface area (Å²) in [6.07, 6.45) is 0.720. The molecule has 0 saturated heterocycles. The molecule has 0 radical (unpaired) electrons. The van der Waals surface area contributed by atoms with Gasteiger partial charge in [-0.05, 0) is 36.6 Å². The van der Waals surface area contributed by atoms with Gasteiger partial charge >= 0.3 is 10.2 Å². The third-order valence-electron chi connectivity index (χ3n) is 4.67. The smallest absolute Gasteiger partial charge is 0.246 e. The number of anilines is 1. The second kappa shape index (κ2) is 6.23. The van der Waals surface area contributed by atoms with Crippen LogP contribution in [0.15, 0.2) is 36.4 Å². The molecule has 1 N–H and O–H groups in total. The van der Waals surface area contributed by atoms with Crippen molar-refractivity contribution in [1.82, 2.24) is 14.3 Å². The second-order valence-corrected chi connectivity index (χ2v) is 10.3. The van der Waals surface area contributed by atoms with Crippen LogP contribution in [0, 0.1) is 6.92 Å². The van der Waals surface area contributed by atoms with E-state index in [-0.39, 0.29) is 0 Å². The van der Waals surface area contributed by atoms with E-state index >= 15 is 0 Å². The molecule has 27 heavy (non-hydrogen) atoms. The van der Waals surface area contributed by atoms with Crippen LogP contribution in [0.4, 0.5) is 5.13 Å². The fraction of sp³-hybridized carbons (Fsp3) is 0.222. The minimum absolute atomic E-state index is 0.384. The Morgan fingerprint density at radius 2 is 1.70 bits per heavy atom. The second-order valence-electron chi connectivity index (χ2n) is 6.47. The van der Waals surface area contributed by atoms with E-state index in [0.717, 1.165) is 37.4 Å². The Balaban J connectivity index is 1.46. The molecule has 9 heteroatoms. The molecule has 0 aliphatic carbocycles. The molecule has 3 heterocycles. The molecule has 0 amide bonds. The summed E-state index contributed by atoms with van der Waals surface area (Å²) in [6, 6.07) is 11.8. The van der Waals surface area contributed by atoms with Crippen LogP contribution in [0.3, 0.4) is 0 Å². The minimum Gasteiger partial charge on any atom is -0.246 e. The fourth-order valence-electron chi connectivity index (χ4n) is 3.38. The number of hydrogen-bond acceptors (Lipinski definition) is 6. The lowest BCUT2D eigenvalue weighted by atomic mass is 10.0. The number of benzene rings is 2. The fourth-order valence-corrected chi connectivity index (χ4v) is 6.75. The summed E-state index contributed by atoms with van der Waals surface area (Å²) in [5.74, 6) is 0. The third-order valence-corrected chi connectivity index (χ3v) is 8.38. The van der Waals surface area contributed by atoms with E-state index in [9.17, 15) is 8.42 Å². The summed E-state index contributed by atoms with van der Waals surface area (Å²) in [7, 11) is -3.66. The van der Waals surface area contributed by atoms with E-state index in [2.05, 4.69) is 20.8 Å². The SMILES string of the molecule is Cc1nc2ccc3nc(NS(=O)(=O)N4CCc5ccccc5C4)sc3c2s1. The topological polar surface area (TPSA) is 75.2 Å². The van der Waals surface area contributed by atoms with Crippen molar-refractivity contribution in [3.8, 4) is 0 Å². The maximum Gasteiger partial charge on any atom is 0.303 e. The van der Waals surface area contributed by atoms with E-state index in [1.807, 2.05) is 37.3 Å². The van der Waals surface area contributed by atoms with Crippen LogP contribution in [-0.4, -0.2) is 29.2 Å². The summed E-state index contributed by atoms with van der Waals surface area (Å²) in [4.78, 5) is 8.97. The van der Waals surface area contributed by atoms with Gasteiger partial charge in [0.25, 0.3) is 0 Å². The Hall–Kier alpha value is -2.07. The van der Waals surface area contributed by atoms with Gasteiger partial charge < -0.3 is 0 Å². The standard InChI is InChI=1S/C18H16N4O2S3/c1-11-19-14-6-7-15-17(16(14)25-11)26-18(20-15)21-27(23,24)22-9-8-12-4-2-3-5-13(12)10-22/h2-7H,8-10H2,1H3,(H,20,21). The molecule has 4 aromatic rings. The van der Waals surface area contributed by atoms with Gasteiger partial charge in [-0.2, -0.15) is 12.7 Å². The first-order valence-corrected chi connectivity index (χ1v) is 11.6. The molecule has 0 fully saturated rings. The molecular formula is C18H16N4O2S3. The lowest BCUT2D eigenvalue weighted by molar-refractivity contribution is 0.394. The van der Waals surface area contributed by atoms with Gasteiger partial charge in [0, 0.05) is 13.1 Å². The summed E-state index contributed by atoms with van der Waals surface area (Å²) < 4.78 is 31.9. The average Bonchev–Trinajstić information content (AvgIpc) is 3.22. The van der Waals surface area contributed by atoms with Crippen LogP contribution in [-0.2, 0) is 23.2 Å². The summed E-state index contributed by atoms with van der Waals surface area (Å²) in [6.45, 7) is 2.82. The van der Waals surface area contributed by atoms with Crippen molar-refractivity contribution in [2.45, 2.75) is 19.9 Å². The molecule has 6 nitrogen and oxygen atoms in total. The largest absolute Gasteiger partial charge is 0.303 e. The maximum absolute atomic E-state index is 12.9. The van der Waals surface area contributed by atoms with Gasteiger partial charge in [-0.15, -0.1) is 11.3 Å². The molecule has 1 aliphatic heterocycles. The van der Waals surface area contributed by atoms with E-state index in [4.69, 9.17) is 0 Å². The molecule has 0 bridgehead atoms. The third kappa shape index (κ3) is 3.00. The predicted octanol–water partition coefficient (Wildman–Crippen LogP) is 3.93. The number of nitrogens with one attached hydrogen (secondary N) is 1. The van der Waals surface area contributed by atoms with Crippen molar-refractivity contribution in [1.29, 1.82) is 0 Å². The number of nitrogens with zero attached hydrogens (tertiary/aromatic N) is 3. The first-order chi connectivity index (χ1) is 13.0.